The summed E-state index contributed by atoms with van der Waals surface area (Å²) in [6.45, 7) is 0. The zero-order valence-electron chi connectivity index (χ0n) is 11.9. The Hall–Kier alpha value is -1.03. The van der Waals surface area contributed by atoms with Crippen LogP contribution in [-0.2, 0) is 15.1 Å². The van der Waals surface area contributed by atoms with Crippen LogP contribution in [0.3, 0.4) is 0 Å². The van der Waals surface area contributed by atoms with Gasteiger partial charge in [-0.2, -0.15) is 0 Å². The van der Waals surface area contributed by atoms with E-state index in [1.165, 1.54) is 6.07 Å². The van der Waals surface area contributed by atoms with E-state index in [2.05, 4.69) is 0 Å². The second-order valence-electron chi connectivity index (χ2n) is 5.50. The molecule has 3 rings (SSSR count). The number of aliphatic hydroxyl groups excluding tert-OH is 4. The van der Waals surface area contributed by atoms with Gasteiger partial charge in [-0.1, -0.05) is 42.5 Å². The first-order valence-corrected chi connectivity index (χ1v) is 7.01. The van der Waals surface area contributed by atoms with Crippen molar-refractivity contribution in [3.63, 3.8) is 0 Å². The summed E-state index contributed by atoms with van der Waals surface area (Å²) in [5, 5.41) is 50.6. The fourth-order valence-electron chi connectivity index (χ4n) is 2.99. The van der Waals surface area contributed by atoms with Crippen LogP contribution in [0.5, 0.6) is 0 Å². The molecule has 124 valence electrons. The molecule has 1 aliphatic heterocycles. The number of benzene rings is 2. The van der Waals surface area contributed by atoms with Crippen LogP contribution in [0.2, 0.25) is 0 Å². The Kier molecular flexibility index (Phi) is 5.68. The molecule has 0 spiro atoms. The number of carbonyl (C=O) groups is 1. The standard InChI is InChI=1S/C16H16O7.Na.H/c17-11-12(18)14(20)23-16(13(11)19,15(21)22)10-7-3-5-8-4-1-2-6-9(8)10;;/h1-7,11-14,17-20H,(H,21,22);;/t11-,12-,13+,14-,16+;;/m1../s1. The van der Waals surface area contributed by atoms with E-state index in [0.29, 0.717) is 10.8 Å². The molecule has 5 atom stereocenters. The van der Waals surface area contributed by atoms with Crippen molar-refractivity contribution in [3.05, 3.63) is 48.0 Å². The van der Waals surface area contributed by atoms with Crippen molar-refractivity contribution < 1.29 is 35.1 Å². The number of aliphatic hydroxyl groups is 4. The Morgan fingerprint density at radius 3 is 2.25 bits per heavy atom. The predicted octanol–water partition coefficient (Wildman–Crippen LogP) is -1.10. The van der Waals surface area contributed by atoms with Crippen molar-refractivity contribution in [2.45, 2.75) is 30.2 Å². The first-order valence-electron chi connectivity index (χ1n) is 7.01. The van der Waals surface area contributed by atoms with Gasteiger partial charge in [0, 0.05) is 5.56 Å². The number of aliphatic carboxylic acids is 1. The maximum absolute atomic E-state index is 11.9. The van der Waals surface area contributed by atoms with E-state index >= 15 is 0 Å². The van der Waals surface area contributed by atoms with Crippen LogP contribution >= 0.6 is 0 Å². The van der Waals surface area contributed by atoms with Crippen LogP contribution in [0.25, 0.3) is 10.8 Å². The van der Waals surface area contributed by atoms with Crippen LogP contribution in [0.1, 0.15) is 5.56 Å². The summed E-state index contributed by atoms with van der Waals surface area (Å²) in [5.41, 5.74) is -2.32. The average molecular weight is 344 g/mol. The number of hydrogen-bond acceptors (Lipinski definition) is 6. The summed E-state index contributed by atoms with van der Waals surface area (Å²) in [5.74, 6) is -1.58. The molecule has 0 aliphatic carbocycles. The van der Waals surface area contributed by atoms with Crippen molar-refractivity contribution in [1.82, 2.24) is 0 Å². The Morgan fingerprint density at radius 2 is 1.58 bits per heavy atom. The number of carboxylic acid groups (broad SMARTS) is 1. The summed E-state index contributed by atoms with van der Waals surface area (Å²) in [6, 6.07) is 11.6. The molecule has 0 amide bonds. The molecule has 24 heavy (non-hydrogen) atoms. The molecule has 1 fully saturated rings. The Bertz CT molecular complexity index is 747. The fourth-order valence-corrected chi connectivity index (χ4v) is 2.99. The van der Waals surface area contributed by atoms with Crippen molar-refractivity contribution >= 4 is 46.3 Å². The molecule has 2 aromatic rings. The number of carboxylic acids is 1. The number of fused-ring (bicyclic) bond motifs is 1. The van der Waals surface area contributed by atoms with Crippen molar-refractivity contribution in [3.8, 4) is 0 Å². The monoisotopic (exact) mass is 344 g/mol. The van der Waals surface area contributed by atoms with Crippen LogP contribution in [-0.4, -0.2) is 85.7 Å². The van der Waals surface area contributed by atoms with Gasteiger partial charge in [-0.05, 0) is 10.8 Å². The quantitative estimate of drug-likeness (QED) is 0.438. The second-order valence-corrected chi connectivity index (χ2v) is 5.50. The van der Waals surface area contributed by atoms with E-state index in [1.807, 2.05) is 0 Å². The summed E-state index contributed by atoms with van der Waals surface area (Å²) in [7, 11) is 0. The summed E-state index contributed by atoms with van der Waals surface area (Å²) in [6.07, 6.45) is -7.62. The molecular weight excluding hydrogens is 327 g/mol. The molecule has 1 heterocycles. The Morgan fingerprint density at radius 1 is 0.958 bits per heavy atom. The molecule has 5 N–H and O–H groups in total. The minimum absolute atomic E-state index is 0. The minimum atomic E-state index is -2.40. The Balaban J connectivity index is 0.00000208. The van der Waals surface area contributed by atoms with Gasteiger partial charge in [0.15, 0.2) is 6.29 Å². The summed E-state index contributed by atoms with van der Waals surface area (Å²) in [4.78, 5) is 11.9. The van der Waals surface area contributed by atoms with Gasteiger partial charge in [0.25, 0.3) is 0 Å². The van der Waals surface area contributed by atoms with Crippen LogP contribution in [0.15, 0.2) is 42.5 Å². The number of hydrogen-bond donors (Lipinski definition) is 5. The third-order valence-electron chi connectivity index (χ3n) is 4.20. The van der Waals surface area contributed by atoms with Crippen molar-refractivity contribution in [1.29, 1.82) is 0 Å². The van der Waals surface area contributed by atoms with Crippen molar-refractivity contribution in [2.24, 2.45) is 0 Å². The van der Waals surface area contributed by atoms with E-state index in [-0.39, 0.29) is 35.1 Å². The molecule has 1 saturated heterocycles. The third kappa shape index (κ3) is 2.77. The van der Waals surface area contributed by atoms with Crippen LogP contribution < -0.4 is 0 Å². The molecule has 0 unspecified atom stereocenters. The molecule has 0 bridgehead atoms. The number of rotatable bonds is 2. The van der Waals surface area contributed by atoms with Gasteiger partial charge in [0.2, 0.25) is 5.60 Å². The molecule has 0 aromatic heterocycles. The topological polar surface area (TPSA) is 127 Å². The number of ether oxygens (including phenoxy) is 1. The first kappa shape index (κ1) is 19.3. The second kappa shape index (κ2) is 7.07. The summed E-state index contributed by atoms with van der Waals surface area (Å²) < 4.78 is 5.12. The van der Waals surface area contributed by atoms with E-state index in [9.17, 15) is 30.3 Å². The van der Waals surface area contributed by atoms with E-state index in [4.69, 9.17) is 4.74 Å². The van der Waals surface area contributed by atoms with Gasteiger partial charge in [0.1, 0.15) is 18.3 Å². The van der Waals surface area contributed by atoms with Crippen molar-refractivity contribution in [2.75, 3.05) is 0 Å². The molecule has 8 heteroatoms. The molecule has 1 aliphatic rings. The molecule has 2 aromatic carbocycles. The maximum atomic E-state index is 11.9. The summed E-state index contributed by atoms with van der Waals surface area (Å²) >= 11 is 0. The van der Waals surface area contributed by atoms with E-state index in [0.717, 1.165) is 0 Å². The zero-order valence-corrected chi connectivity index (χ0v) is 11.9. The average Bonchev–Trinajstić information content (AvgIpc) is 2.55. The van der Waals surface area contributed by atoms with Crippen LogP contribution in [0.4, 0.5) is 0 Å². The SMILES string of the molecule is O=C(O)[C@@]1(c2cccc3ccccc23)O[C@@H](O)[C@H](O)[C@@H](O)[C@@H]1O.[NaH]. The van der Waals surface area contributed by atoms with Crippen LogP contribution in [0, 0.1) is 0 Å². The normalized spacial score (nSPS) is 33.0. The molecule has 7 nitrogen and oxygen atoms in total. The first-order chi connectivity index (χ1) is 10.9. The molecular formula is C16H17NaO7. The van der Waals surface area contributed by atoms with Gasteiger partial charge < -0.3 is 30.3 Å². The third-order valence-corrected chi connectivity index (χ3v) is 4.20. The van der Waals surface area contributed by atoms with Gasteiger partial charge in [0.05, 0.1) is 0 Å². The fraction of sp³-hybridized carbons (Fsp3) is 0.312. The Labute approximate surface area is 159 Å². The van der Waals surface area contributed by atoms with Gasteiger partial charge in [-0.3, -0.25) is 0 Å². The van der Waals surface area contributed by atoms with Gasteiger partial charge >= 0.3 is 35.5 Å². The van der Waals surface area contributed by atoms with Gasteiger partial charge in [-0.25, -0.2) is 4.79 Å². The zero-order chi connectivity index (χ0) is 16.8. The molecule has 0 saturated carbocycles. The van der Waals surface area contributed by atoms with E-state index < -0.39 is 36.2 Å². The molecule has 0 radical (unpaired) electrons. The van der Waals surface area contributed by atoms with E-state index in [1.54, 1.807) is 36.4 Å². The van der Waals surface area contributed by atoms with Gasteiger partial charge in [-0.15, -0.1) is 0 Å². The predicted molar refractivity (Wildman–Crippen MR) is 85.5 cm³/mol.